The Balaban J connectivity index is 1.48. The Morgan fingerprint density at radius 2 is 1.75 bits per heavy atom. The van der Waals surface area contributed by atoms with Crippen LogP contribution in [0.3, 0.4) is 0 Å². The molecule has 2 aliphatic rings. The lowest BCUT2D eigenvalue weighted by molar-refractivity contribution is -0.905. The lowest BCUT2D eigenvalue weighted by atomic mass is 9.96. The van der Waals surface area contributed by atoms with Gasteiger partial charge in [0, 0.05) is 37.9 Å². The van der Waals surface area contributed by atoms with Gasteiger partial charge in [-0.3, -0.25) is 4.79 Å². The minimum atomic E-state index is -3.63. The molecule has 8 heteroatoms. The number of carbonyl (C=O) groups excluding carboxylic acids is 1. The number of carbonyl (C=O) groups is 1. The molecule has 2 heterocycles. The minimum absolute atomic E-state index is 0.0581. The standard InChI is InChI=1S/C20H30FN3O3S/c1-2-11-23-12-9-18(10-13-23)22-20(25)16-7-14-24(15-8-16)28(26,27)19-5-3-17(21)4-6-19/h3-6,16,18H,2,7-15H2,1H3,(H,22,25)/p+1. The zero-order chi connectivity index (χ0) is 20.1. The van der Waals surface area contributed by atoms with E-state index in [4.69, 9.17) is 0 Å². The largest absolute Gasteiger partial charge is 0.353 e. The van der Waals surface area contributed by atoms with E-state index in [9.17, 15) is 17.6 Å². The van der Waals surface area contributed by atoms with Gasteiger partial charge in [0.25, 0.3) is 0 Å². The van der Waals surface area contributed by atoms with Gasteiger partial charge in [0.1, 0.15) is 5.82 Å². The molecule has 1 aromatic rings. The van der Waals surface area contributed by atoms with Crippen LogP contribution < -0.4 is 10.2 Å². The molecular weight excluding hydrogens is 381 g/mol. The maximum Gasteiger partial charge on any atom is 0.243 e. The molecule has 0 bridgehead atoms. The summed E-state index contributed by atoms with van der Waals surface area (Å²) in [4.78, 5) is 14.3. The smallest absolute Gasteiger partial charge is 0.243 e. The first kappa shape index (κ1) is 21.2. The van der Waals surface area contributed by atoms with Crippen molar-refractivity contribution in [2.24, 2.45) is 5.92 Å². The molecule has 0 spiro atoms. The summed E-state index contributed by atoms with van der Waals surface area (Å²) < 4.78 is 39.8. The predicted molar refractivity (Wildman–Crippen MR) is 105 cm³/mol. The Labute approximate surface area is 167 Å². The van der Waals surface area contributed by atoms with E-state index in [-0.39, 0.29) is 22.8 Å². The van der Waals surface area contributed by atoms with Gasteiger partial charge in [-0.15, -0.1) is 0 Å². The summed E-state index contributed by atoms with van der Waals surface area (Å²) in [6, 6.07) is 5.13. The van der Waals surface area contributed by atoms with Gasteiger partial charge in [-0.2, -0.15) is 4.31 Å². The first-order valence-electron chi connectivity index (χ1n) is 10.3. The van der Waals surface area contributed by atoms with E-state index in [1.165, 1.54) is 29.4 Å². The number of hydrogen-bond donors (Lipinski definition) is 2. The fourth-order valence-electron chi connectivity index (χ4n) is 4.21. The molecule has 28 heavy (non-hydrogen) atoms. The molecule has 6 nitrogen and oxygen atoms in total. The molecule has 1 amide bonds. The number of nitrogens with one attached hydrogen (secondary N) is 2. The van der Waals surface area contributed by atoms with Gasteiger partial charge in [0.05, 0.1) is 24.5 Å². The summed E-state index contributed by atoms with van der Waals surface area (Å²) in [5, 5.41) is 3.18. The van der Waals surface area contributed by atoms with Crippen LogP contribution in [-0.4, -0.2) is 57.4 Å². The highest BCUT2D eigenvalue weighted by molar-refractivity contribution is 7.89. The quantitative estimate of drug-likeness (QED) is 0.726. The van der Waals surface area contributed by atoms with E-state index in [1.807, 2.05) is 0 Å². The Morgan fingerprint density at radius 3 is 2.32 bits per heavy atom. The lowest BCUT2D eigenvalue weighted by Gasteiger charge is -2.33. The van der Waals surface area contributed by atoms with Crippen molar-refractivity contribution < 1.29 is 22.5 Å². The fourth-order valence-corrected chi connectivity index (χ4v) is 5.68. The number of benzene rings is 1. The molecule has 156 valence electrons. The second-order valence-electron chi connectivity index (χ2n) is 7.92. The summed E-state index contributed by atoms with van der Waals surface area (Å²) in [7, 11) is -3.63. The molecule has 2 fully saturated rings. The first-order chi connectivity index (χ1) is 13.4. The van der Waals surface area contributed by atoms with Crippen LogP contribution in [0, 0.1) is 11.7 Å². The molecular formula is C20H31FN3O3S+. The van der Waals surface area contributed by atoms with Gasteiger partial charge in [0.2, 0.25) is 15.9 Å². The highest BCUT2D eigenvalue weighted by atomic mass is 32.2. The summed E-state index contributed by atoms with van der Waals surface area (Å²) in [5.41, 5.74) is 0. The van der Waals surface area contributed by atoms with Crippen molar-refractivity contribution in [3.05, 3.63) is 30.1 Å². The maximum absolute atomic E-state index is 13.1. The van der Waals surface area contributed by atoms with Crippen LogP contribution in [0.5, 0.6) is 0 Å². The summed E-state index contributed by atoms with van der Waals surface area (Å²) in [5.74, 6) is -0.542. The first-order valence-corrected chi connectivity index (χ1v) is 11.7. The molecule has 2 N–H and O–H groups in total. The topological polar surface area (TPSA) is 70.9 Å². The number of quaternary nitrogens is 1. The van der Waals surface area contributed by atoms with Crippen molar-refractivity contribution in [3.63, 3.8) is 0 Å². The number of likely N-dealkylation sites (tertiary alicyclic amines) is 1. The molecule has 2 aliphatic heterocycles. The van der Waals surface area contributed by atoms with Crippen LogP contribution in [0.2, 0.25) is 0 Å². The number of halogens is 1. The van der Waals surface area contributed by atoms with Crippen molar-refractivity contribution in [1.82, 2.24) is 9.62 Å². The molecule has 0 radical (unpaired) electrons. The van der Waals surface area contributed by atoms with E-state index in [1.54, 1.807) is 4.90 Å². The van der Waals surface area contributed by atoms with E-state index in [0.717, 1.165) is 38.1 Å². The van der Waals surface area contributed by atoms with Crippen molar-refractivity contribution in [2.75, 3.05) is 32.7 Å². The Morgan fingerprint density at radius 1 is 1.14 bits per heavy atom. The zero-order valence-electron chi connectivity index (χ0n) is 16.5. The summed E-state index contributed by atoms with van der Waals surface area (Å²) in [6.07, 6.45) is 4.25. The van der Waals surface area contributed by atoms with Gasteiger partial charge in [-0.05, 0) is 43.5 Å². The molecule has 0 atom stereocenters. The second kappa shape index (κ2) is 9.33. The highest BCUT2D eigenvalue weighted by Gasteiger charge is 2.33. The zero-order valence-corrected chi connectivity index (χ0v) is 17.3. The fraction of sp³-hybridized carbons (Fsp3) is 0.650. The molecule has 3 rings (SSSR count). The lowest BCUT2D eigenvalue weighted by Crippen LogP contribution is -3.13. The van der Waals surface area contributed by atoms with Crippen molar-refractivity contribution in [3.8, 4) is 0 Å². The van der Waals surface area contributed by atoms with E-state index in [0.29, 0.717) is 25.9 Å². The Kier molecular flexibility index (Phi) is 7.06. The average Bonchev–Trinajstić information content (AvgIpc) is 2.70. The molecule has 0 aliphatic carbocycles. The number of piperidine rings is 2. The highest BCUT2D eigenvalue weighted by Crippen LogP contribution is 2.24. The van der Waals surface area contributed by atoms with Crippen LogP contribution in [0.25, 0.3) is 0 Å². The SMILES string of the molecule is CCC[NH+]1CCC(NC(=O)C2CCN(S(=O)(=O)c3ccc(F)cc3)CC2)CC1. The third kappa shape index (κ3) is 5.10. The molecule has 1 aromatic carbocycles. The monoisotopic (exact) mass is 412 g/mol. The van der Waals surface area contributed by atoms with Gasteiger partial charge < -0.3 is 10.2 Å². The number of hydrogen-bond acceptors (Lipinski definition) is 3. The molecule has 2 saturated heterocycles. The van der Waals surface area contributed by atoms with E-state index >= 15 is 0 Å². The van der Waals surface area contributed by atoms with Gasteiger partial charge in [-0.25, -0.2) is 12.8 Å². The number of amides is 1. The van der Waals surface area contributed by atoms with Crippen molar-refractivity contribution in [1.29, 1.82) is 0 Å². The van der Waals surface area contributed by atoms with Gasteiger partial charge in [0.15, 0.2) is 0 Å². The Hall–Kier alpha value is -1.51. The third-order valence-corrected chi connectivity index (χ3v) is 7.83. The van der Waals surface area contributed by atoms with Crippen molar-refractivity contribution >= 4 is 15.9 Å². The van der Waals surface area contributed by atoms with Crippen LogP contribution in [0.1, 0.15) is 39.0 Å². The summed E-state index contributed by atoms with van der Waals surface area (Å²) in [6.45, 7) is 6.24. The van der Waals surface area contributed by atoms with Gasteiger partial charge >= 0.3 is 0 Å². The maximum atomic E-state index is 13.1. The van der Waals surface area contributed by atoms with Crippen LogP contribution >= 0.6 is 0 Å². The van der Waals surface area contributed by atoms with Gasteiger partial charge in [-0.1, -0.05) is 6.92 Å². The number of rotatable bonds is 6. The van der Waals surface area contributed by atoms with Crippen LogP contribution in [-0.2, 0) is 14.8 Å². The van der Waals surface area contributed by atoms with Crippen LogP contribution in [0.4, 0.5) is 4.39 Å². The average molecular weight is 413 g/mol. The number of sulfonamides is 1. The van der Waals surface area contributed by atoms with E-state index < -0.39 is 15.8 Å². The number of nitrogens with zero attached hydrogens (tertiary/aromatic N) is 1. The molecule has 0 saturated carbocycles. The third-order valence-electron chi connectivity index (χ3n) is 5.92. The normalized spacial score (nSPS) is 24.8. The van der Waals surface area contributed by atoms with Crippen molar-refractivity contribution in [2.45, 2.75) is 50.0 Å². The minimum Gasteiger partial charge on any atom is -0.353 e. The predicted octanol–water partition coefficient (Wildman–Crippen LogP) is 0.800. The molecule has 0 unspecified atom stereocenters. The Bertz CT molecular complexity index is 753. The van der Waals surface area contributed by atoms with E-state index in [2.05, 4.69) is 12.2 Å². The second-order valence-corrected chi connectivity index (χ2v) is 9.85. The molecule has 0 aromatic heterocycles. The van der Waals surface area contributed by atoms with Crippen LogP contribution in [0.15, 0.2) is 29.2 Å². The summed E-state index contributed by atoms with van der Waals surface area (Å²) >= 11 is 0.